The van der Waals surface area contributed by atoms with Crippen LogP contribution in [0.1, 0.15) is 33.7 Å². The molecule has 21 heavy (non-hydrogen) atoms. The van der Waals surface area contributed by atoms with Gasteiger partial charge in [0.1, 0.15) is 11.5 Å². The van der Waals surface area contributed by atoms with Gasteiger partial charge in [-0.15, -0.1) is 0 Å². The van der Waals surface area contributed by atoms with Gasteiger partial charge in [0.15, 0.2) is 0 Å². The van der Waals surface area contributed by atoms with Gasteiger partial charge in [-0.1, -0.05) is 0 Å². The van der Waals surface area contributed by atoms with Gasteiger partial charge in [0.25, 0.3) is 5.91 Å². The highest BCUT2D eigenvalue weighted by atomic mass is 16.4. The van der Waals surface area contributed by atoms with E-state index < -0.39 is 5.97 Å². The van der Waals surface area contributed by atoms with Crippen LogP contribution < -0.4 is 10.6 Å². The SMILES string of the molecule is CCNC(=O)c1cc(NCc2ccc(C(=O)O)o2)ccn1. The van der Waals surface area contributed by atoms with E-state index >= 15 is 0 Å². The number of hydrogen-bond acceptors (Lipinski definition) is 5. The number of hydrogen-bond donors (Lipinski definition) is 3. The van der Waals surface area contributed by atoms with Crippen LogP contribution in [0.3, 0.4) is 0 Å². The number of nitrogens with one attached hydrogen (secondary N) is 2. The van der Waals surface area contributed by atoms with E-state index in [9.17, 15) is 9.59 Å². The third kappa shape index (κ3) is 3.82. The van der Waals surface area contributed by atoms with Crippen molar-refractivity contribution in [3.05, 3.63) is 47.7 Å². The molecule has 2 heterocycles. The highest BCUT2D eigenvalue weighted by Crippen LogP contribution is 2.12. The maximum Gasteiger partial charge on any atom is 0.371 e. The Bertz CT molecular complexity index is 651. The van der Waals surface area contributed by atoms with Crippen LogP contribution in [-0.4, -0.2) is 28.5 Å². The molecular weight excluding hydrogens is 274 g/mol. The molecule has 110 valence electrons. The lowest BCUT2D eigenvalue weighted by molar-refractivity contribution is 0.0660. The number of pyridine rings is 1. The molecule has 7 heteroatoms. The zero-order valence-corrected chi connectivity index (χ0v) is 11.4. The third-order valence-corrected chi connectivity index (χ3v) is 2.67. The molecule has 2 rings (SSSR count). The van der Waals surface area contributed by atoms with Gasteiger partial charge < -0.3 is 20.2 Å². The predicted octanol–water partition coefficient (Wildman–Crippen LogP) is 1.73. The largest absolute Gasteiger partial charge is 0.475 e. The first kappa shape index (κ1) is 14.6. The molecule has 0 fully saturated rings. The summed E-state index contributed by atoms with van der Waals surface area (Å²) in [4.78, 5) is 26.4. The minimum Gasteiger partial charge on any atom is -0.475 e. The second kappa shape index (κ2) is 6.56. The average Bonchev–Trinajstić information content (AvgIpc) is 2.95. The molecule has 7 nitrogen and oxygen atoms in total. The summed E-state index contributed by atoms with van der Waals surface area (Å²) in [6.07, 6.45) is 1.53. The molecule has 0 aliphatic carbocycles. The van der Waals surface area contributed by atoms with Gasteiger partial charge in [-0.2, -0.15) is 0 Å². The summed E-state index contributed by atoms with van der Waals surface area (Å²) in [6, 6.07) is 6.31. The van der Waals surface area contributed by atoms with E-state index in [2.05, 4.69) is 15.6 Å². The van der Waals surface area contributed by atoms with E-state index in [-0.39, 0.29) is 11.7 Å². The summed E-state index contributed by atoms with van der Waals surface area (Å²) in [6.45, 7) is 2.67. The Morgan fingerprint density at radius 2 is 2.14 bits per heavy atom. The van der Waals surface area contributed by atoms with E-state index in [1.165, 1.54) is 12.3 Å². The van der Waals surface area contributed by atoms with Crippen LogP contribution in [-0.2, 0) is 6.54 Å². The Morgan fingerprint density at radius 3 is 2.81 bits per heavy atom. The molecule has 0 saturated heterocycles. The Hall–Kier alpha value is -2.83. The normalized spacial score (nSPS) is 10.1. The third-order valence-electron chi connectivity index (χ3n) is 2.67. The molecular formula is C14H15N3O4. The van der Waals surface area contributed by atoms with Gasteiger partial charge in [0.05, 0.1) is 6.54 Å². The van der Waals surface area contributed by atoms with Crippen molar-refractivity contribution in [2.24, 2.45) is 0 Å². The molecule has 0 saturated carbocycles. The zero-order valence-electron chi connectivity index (χ0n) is 11.4. The predicted molar refractivity (Wildman–Crippen MR) is 75.2 cm³/mol. The van der Waals surface area contributed by atoms with Crippen molar-refractivity contribution >= 4 is 17.6 Å². The maximum atomic E-state index is 11.7. The van der Waals surface area contributed by atoms with E-state index in [1.807, 2.05) is 6.92 Å². The fourth-order valence-corrected chi connectivity index (χ4v) is 1.69. The average molecular weight is 289 g/mol. The number of aromatic carboxylic acids is 1. The number of aromatic nitrogens is 1. The van der Waals surface area contributed by atoms with E-state index in [4.69, 9.17) is 9.52 Å². The van der Waals surface area contributed by atoms with Crippen LogP contribution in [0.25, 0.3) is 0 Å². The van der Waals surface area contributed by atoms with Crippen LogP contribution in [0.4, 0.5) is 5.69 Å². The summed E-state index contributed by atoms with van der Waals surface area (Å²) < 4.78 is 5.13. The monoisotopic (exact) mass is 289 g/mol. The first-order valence-electron chi connectivity index (χ1n) is 6.40. The van der Waals surface area contributed by atoms with Crippen molar-refractivity contribution in [3.63, 3.8) is 0 Å². The molecule has 1 amide bonds. The molecule has 3 N–H and O–H groups in total. The lowest BCUT2D eigenvalue weighted by atomic mass is 10.3. The van der Waals surface area contributed by atoms with Gasteiger partial charge >= 0.3 is 5.97 Å². The molecule has 2 aromatic rings. The Kier molecular flexibility index (Phi) is 4.55. The maximum absolute atomic E-state index is 11.7. The Labute approximate surface area is 121 Å². The van der Waals surface area contributed by atoms with E-state index in [0.29, 0.717) is 30.2 Å². The molecule has 0 radical (unpaired) electrons. The number of carboxylic acids is 1. The molecule has 0 aliphatic heterocycles. The molecule has 0 atom stereocenters. The van der Waals surface area contributed by atoms with Crippen molar-refractivity contribution in [2.45, 2.75) is 13.5 Å². The number of carbonyl (C=O) groups excluding carboxylic acids is 1. The number of nitrogens with zero attached hydrogens (tertiary/aromatic N) is 1. The second-order valence-electron chi connectivity index (χ2n) is 4.21. The van der Waals surface area contributed by atoms with Gasteiger partial charge in [0, 0.05) is 18.4 Å². The minimum atomic E-state index is -1.11. The number of carbonyl (C=O) groups is 2. The second-order valence-corrected chi connectivity index (χ2v) is 4.21. The smallest absolute Gasteiger partial charge is 0.371 e. The Balaban J connectivity index is 2.01. The van der Waals surface area contributed by atoms with Gasteiger partial charge in [-0.25, -0.2) is 4.79 Å². The van der Waals surface area contributed by atoms with Crippen LogP contribution in [0.15, 0.2) is 34.9 Å². The zero-order chi connectivity index (χ0) is 15.2. The van der Waals surface area contributed by atoms with E-state index in [1.54, 1.807) is 18.2 Å². The highest BCUT2D eigenvalue weighted by molar-refractivity contribution is 5.93. The van der Waals surface area contributed by atoms with Gasteiger partial charge in [0.2, 0.25) is 5.76 Å². The molecule has 0 aliphatic rings. The van der Waals surface area contributed by atoms with Crippen LogP contribution >= 0.6 is 0 Å². The number of furan rings is 1. The number of carboxylic acid groups (broad SMARTS) is 1. The standard InChI is InChI=1S/C14H15N3O4/c1-2-15-13(18)11-7-9(5-6-16-11)17-8-10-3-4-12(21-10)14(19)20/h3-7H,2,8H2,1H3,(H,15,18)(H,16,17)(H,19,20). The van der Waals surface area contributed by atoms with Crippen molar-refractivity contribution in [3.8, 4) is 0 Å². The summed E-state index contributed by atoms with van der Waals surface area (Å²) in [5.74, 6) is -0.968. The number of anilines is 1. The summed E-state index contributed by atoms with van der Waals surface area (Å²) in [7, 11) is 0. The Morgan fingerprint density at radius 1 is 1.33 bits per heavy atom. The fourth-order valence-electron chi connectivity index (χ4n) is 1.69. The minimum absolute atomic E-state index is 0.107. The summed E-state index contributed by atoms with van der Waals surface area (Å²) >= 11 is 0. The van der Waals surface area contributed by atoms with Crippen molar-refractivity contribution < 1.29 is 19.1 Å². The van der Waals surface area contributed by atoms with Gasteiger partial charge in [-0.3, -0.25) is 9.78 Å². The lowest BCUT2D eigenvalue weighted by Crippen LogP contribution is -2.23. The van der Waals surface area contributed by atoms with E-state index in [0.717, 1.165) is 0 Å². The van der Waals surface area contributed by atoms with Crippen molar-refractivity contribution in [2.75, 3.05) is 11.9 Å². The van der Waals surface area contributed by atoms with Crippen molar-refractivity contribution in [1.29, 1.82) is 0 Å². The number of amides is 1. The van der Waals surface area contributed by atoms with Crippen LogP contribution in [0.5, 0.6) is 0 Å². The lowest BCUT2D eigenvalue weighted by Gasteiger charge is -2.06. The quantitative estimate of drug-likeness (QED) is 0.748. The molecule has 2 aromatic heterocycles. The molecule has 0 unspecified atom stereocenters. The first-order chi connectivity index (χ1) is 10.1. The van der Waals surface area contributed by atoms with Gasteiger partial charge in [-0.05, 0) is 31.2 Å². The molecule has 0 spiro atoms. The fraction of sp³-hybridized carbons (Fsp3) is 0.214. The topological polar surface area (TPSA) is 104 Å². The summed E-state index contributed by atoms with van der Waals surface area (Å²) in [5, 5.41) is 14.5. The highest BCUT2D eigenvalue weighted by Gasteiger charge is 2.09. The van der Waals surface area contributed by atoms with Crippen molar-refractivity contribution in [1.82, 2.24) is 10.3 Å². The van der Waals surface area contributed by atoms with Crippen LogP contribution in [0, 0.1) is 0 Å². The van der Waals surface area contributed by atoms with Crippen LogP contribution in [0.2, 0.25) is 0 Å². The molecule has 0 bridgehead atoms. The first-order valence-corrected chi connectivity index (χ1v) is 6.40. The summed E-state index contributed by atoms with van der Waals surface area (Å²) in [5.41, 5.74) is 1.01. The number of rotatable bonds is 6. The molecule has 0 aromatic carbocycles.